The molecule has 2 N–H and O–H groups in total. The van der Waals surface area contributed by atoms with Crippen molar-refractivity contribution in [2.24, 2.45) is 5.92 Å². The number of anilines is 1. The van der Waals surface area contributed by atoms with Gasteiger partial charge in [0.1, 0.15) is 5.82 Å². The number of amides is 2. The van der Waals surface area contributed by atoms with Crippen LogP contribution in [0, 0.1) is 11.7 Å². The van der Waals surface area contributed by atoms with E-state index in [2.05, 4.69) is 12.2 Å². The lowest BCUT2D eigenvalue weighted by molar-refractivity contribution is -0.862. The highest BCUT2D eigenvalue weighted by Crippen LogP contribution is 2.14. The molecular formula is C17H25FN3O2+. The highest BCUT2D eigenvalue weighted by molar-refractivity contribution is 5.91. The summed E-state index contributed by atoms with van der Waals surface area (Å²) in [5.74, 6) is 0.0164. The summed E-state index contributed by atoms with van der Waals surface area (Å²) >= 11 is 0. The number of quaternary nitrogens is 1. The molecule has 0 spiro atoms. The Morgan fingerprint density at radius 3 is 2.87 bits per heavy atom. The Morgan fingerprint density at radius 2 is 2.17 bits per heavy atom. The minimum Gasteiger partial charge on any atom is -0.338 e. The Kier molecular flexibility index (Phi) is 6.10. The molecule has 1 aliphatic rings. The summed E-state index contributed by atoms with van der Waals surface area (Å²) in [5.41, 5.74) is 0.430. The van der Waals surface area contributed by atoms with E-state index in [1.165, 1.54) is 18.6 Å². The minimum absolute atomic E-state index is 0.0904. The zero-order chi connectivity index (χ0) is 16.8. The molecule has 0 aliphatic carbocycles. The summed E-state index contributed by atoms with van der Waals surface area (Å²) in [5, 5.41) is 2.65. The Morgan fingerprint density at radius 1 is 1.39 bits per heavy atom. The van der Waals surface area contributed by atoms with Gasteiger partial charge in [0.15, 0.2) is 13.1 Å². The minimum atomic E-state index is -0.391. The van der Waals surface area contributed by atoms with Crippen molar-refractivity contribution in [2.75, 3.05) is 38.5 Å². The molecule has 0 bridgehead atoms. The number of likely N-dealkylation sites (tertiary alicyclic amines) is 1. The van der Waals surface area contributed by atoms with Crippen LogP contribution in [-0.4, -0.2) is 49.9 Å². The SMILES string of the molecule is C[C@H]1CCCN(C(=O)C[NH+](C)CC(=O)Nc2cccc(F)c2)C1. The van der Waals surface area contributed by atoms with Gasteiger partial charge in [-0.25, -0.2) is 4.39 Å². The molecular weight excluding hydrogens is 297 g/mol. The van der Waals surface area contributed by atoms with Crippen molar-refractivity contribution in [1.82, 2.24) is 4.90 Å². The summed E-state index contributed by atoms with van der Waals surface area (Å²) in [6, 6.07) is 5.78. The molecule has 1 saturated heterocycles. The first-order valence-electron chi connectivity index (χ1n) is 8.08. The lowest BCUT2D eigenvalue weighted by Gasteiger charge is -2.31. The van der Waals surface area contributed by atoms with Crippen molar-refractivity contribution < 1.29 is 18.9 Å². The molecule has 1 heterocycles. The van der Waals surface area contributed by atoms with E-state index >= 15 is 0 Å². The Balaban J connectivity index is 1.78. The smallest absolute Gasteiger partial charge is 0.279 e. The monoisotopic (exact) mass is 322 g/mol. The van der Waals surface area contributed by atoms with Crippen LogP contribution in [0.5, 0.6) is 0 Å². The van der Waals surface area contributed by atoms with Crippen LogP contribution in [0.2, 0.25) is 0 Å². The van der Waals surface area contributed by atoms with Crippen LogP contribution in [-0.2, 0) is 9.59 Å². The Hall–Kier alpha value is -1.95. The normalized spacial score (nSPS) is 19.3. The first-order chi connectivity index (χ1) is 10.9. The van der Waals surface area contributed by atoms with Crippen molar-refractivity contribution in [3.8, 4) is 0 Å². The average molecular weight is 322 g/mol. The second-order valence-corrected chi connectivity index (χ2v) is 6.46. The average Bonchev–Trinajstić information content (AvgIpc) is 2.46. The molecule has 0 aromatic heterocycles. The molecule has 0 radical (unpaired) electrons. The van der Waals surface area contributed by atoms with Gasteiger partial charge in [0.25, 0.3) is 11.8 Å². The summed E-state index contributed by atoms with van der Waals surface area (Å²) in [7, 11) is 1.82. The molecule has 2 rings (SSSR count). The van der Waals surface area contributed by atoms with Gasteiger partial charge in [0.2, 0.25) is 0 Å². The van der Waals surface area contributed by atoms with Gasteiger partial charge in [-0.1, -0.05) is 13.0 Å². The molecule has 1 fully saturated rings. The van der Waals surface area contributed by atoms with E-state index in [4.69, 9.17) is 0 Å². The van der Waals surface area contributed by atoms with E-state index in [0.29, 0.717) is 18.2 Å². The maximum absolute atomic E-state index is 13.1. The predicted molar refractivity (Wildman–Crippen MR) is 86.6 cm³/mol. The quantitative estimate of drug-likeness (QED) is 0.831. The highest BCUT2D eigenvalue weighted by Gasteiger charge is 2.24. The lowest BCUT2D eigenvalue weighted by Crippen LogP contribution is -3.11. The molecule has 1 aromatic carbocycles. The number of hydrogen-bond acceptors (Lipinski definition) is 2. The van der Waals surface area contributed by atoms with Gasteiger partial charge < -0.3 is 15.1 Å². The van der Waals surface area contributed by atoms with Gasteiger partial charge in [0.05, 0.1) is 7.05 Å². The van der Waals surface area contributed by atoms with Crippen LogP contribution in [0.15, 0.2) is 24.3 Å². The van der Waals surface area contributed by atoms with Gasteiger partial charge in [-0.15, -0.1) is 0 Å². The zero-order valence-electron chi connectivity index (χ0n) is 13.8. The number of benzene rings is 1. The fourth-order valence-corrected chi connectivity index (χ4v) is 2.89. The number of halogens is 1. The third-order valence-electron chi connectivity index (χ3n) is 4.03. The molecule has 1 unspecified atom stereocenters. The summed E-state index contributed by atoms with van der Waals surface area (Å²) in [4.78, 5) is 26.9. The molecule has 0 saturated carbocycles. The fourth-order valence-electron chi connectivity index (χ4n) is 2.89. The third kappa shape index (κ3) is 5.63. The van der Waals surface area contributed by atoms with Crippen molar-refractivity contribution in [2.45, 2.75) is 19.8 Å². The maximum atomic E-state index is 13.1. The zero-order valence-corrected chi connectivity index (χ0v) is 13.8. The van der Waals surface area contributed by atoms with Crippen molar-refractivity contribution in [1.29, 1.82) is 0 Å². The number of nitrogens with zero attached hydrogens (tertiary/aromatic N) is 1. The van der Waals surface area contributed by atoms with E-state index in [9.17, 15) is 14.0 Å². The van der Waals surface area contributed by atoms with Crippen LogP contribution in [0.3, 0.4) is 0 Å². The molecule has 5 nitrogen and oxygen atoms in total. The van der Waals surface area contributed by atoms with Crippen molar-refractivity contribution in [3.05, 3.63) is 30.1 Å². The molecule has 6 heteroatoms. The highest BCUT2D eigenvalue weighted by atomic mass is 19.1. The van der Waals surface area contributed by atoms with Crippen LogP contribution >= 0.6 is 0 Å². The van der Waals surface area contributed by atoms with E-state index in [1.54, 1.807) is 12.1 Å². The molecule has 126 valence electrons. The molecule has 1 aliphatic heterocycles. The fraction of sp³-hybridized carbons (Fsp3) is 0.529. The van der Waals surface area contributed by atoms with Crippen LogP contribution in [0.1, 0.15) is 19.8 Å². The van der Waals surface area contributed by atoms with Crippen LogP contribution in [0.4, 0.5) is 10.1 Å². The van der Waals surface area contributed by atoms with Gasteiger partial charge in [0, 0.05) is 18.8 Å². The van der Waals surface area contributed by atoms with Crippen molar-refractivity contribution >= 4 is 17.5 Å². The van der Waals surface area contributed by atoms with Gasteiger partial charge >= 0.3 is 0 Å². The summed E-state index contributed by atoms with van der Waals surface area (Å²) in [6.07, 6.45) is 2.22. The van der Waals surface area contributed by atoms with Crippen molar-refractivity contribution in [3.63, 3.8) is 0 Å². The van der Waals surface area contributed by atoms with Crippen LogP contribution in [0.25, 0.3) is 0 Å². The number of carbonyl (C=O) groups is 2. The van der Waals surface area contributed by atoms with E-state index in [1.807, 2.05) is 11.9 Å². The standard InChI is InChI=1S/C17H24FN3O2/c1-13-5-4-8-21(10-13)17(23)12-20(2)11-16(22)19-15-7-3-6-14(18)9-15/h3,6-7,9,13H,4-5,8,10-12H2,1-2H3,(H,19,22)/p+1/t13-/m0/s1. The largest absolute Gasteiger partial charge is 0.338 e. The van der Waals surface area contributed by atoms with Gasteiger partial charge in [-0.2, -0.15) is 0 Å². The van der Waals surface area contributed by atoms with Gasteiger partial charge in [-0.3, -0.25) is 9.59 Å². The first-order valence-corrected chi connectivity index (χ1v) is 8.08. The number of likely N-dealkylation sites (N-methyl/N-ethyl adjacent to an activating group) is 1. The third-order valence-corrected chi connectivity index (χ3v) is 4.03. The second-order valence-electron chi connectivity index (χ2n) is 6.46. The number of carbonyl (C=O) groups excluding carboxylic acids is 2. The Labute approximate surface area is 136 Å². The van der Waals surface area contributed by atoms with Gasteiger partial charge in [-0.05, 0) is 37.0 Å². The second kappa shape index (κ2) is 8.06. The lowest BCUT2D eigenvalue weighted by atomic mass is 10.0. The summed E-state index contributed by atoms with van der Waals surface area (Å²) < 4.78 is 13.1. The molecule has 2 amide bonds. The number of rotatable bonds is 5. The van der Waals surface area contributed by atoms with E-state index in [-0.39, 0.29) is 18.4 Å². The number of piperidine rings is 1. The van der Waals surface area contributed by atoms with E-state index < -0.39 is 5.82 Å². The molecule has 1 aromatic rings. The van der Waals surface area contributed by atoms with E-state index in [0.717, 1.165) is 24.4 Å². The summed E-state index contributed by atoms with van der Waals surface area (Å²) in [6.45, 7) is 4.24. The van der Waals surface area contributed by atoms with Crippen LogP contribution < -0.4 is 10.2 Å². The number of nitrogens with one attached hydrogen (secondary N) is 2. The predicted octanol–water partition coefficient (Wildman–Crippen LogP) is 0.537. The first kappa shape index (κ1) is 17.4. The number of hydrogen-bond donors (Lipinski definition) is 2. The molecule has 23 heavy (non-hydrogen) atoms. The Bertz CT molecular complexity index is 565. The topological polar surface area (TPSA) is 53.9 Å². The molecule has 2 atom stereocenters. The maximum Gasteiger partial charge on any atom is 0.279 e.